The number of aromatic hydroxyl groups is 2. The number of guanidine groups is 1. The molecule has 25 N–H and O–H groups in total. The number of hydrogen-bond acceptors (Lipinski definition) is 21. The number of imidazole rings is 2. The fraction of sp³-hybridized carbons (Fsp3) is 0.512. The molecule has 0 spiro atoms. The molecule has 14 atom stereocenters. The van der Waals surface area contributed by atoms with Gasteiger partial charge in [-0.15, -0.1) is 0 Å². The van der Waals surface area contributed by atoms with Crippen LogP contribution < -0.4 is 80.6 Å². The Hall–Kier alpha value is -12.6. The highest BCUT2D eigenvalue weighted by Crippen LogP contribution is 2.19. The molecular weight excluding hydrogens is 1550 g/mol. The number of nitrogens with two attached hydrogens (primary N) is 2. The number of hydrogen-bond donors (Lipinski definition) is 23. The zero-order valence-electron chi connectivity index (χ0n) is 68.4. The lowest BCUT2D eigenvalue weighted by atomic mass is 9.96. The summed E-state index contributed by atoms with van der Waals surface area (Å²) in [5.41, 5.74) is 13.2. The standard InChI is InChI=1S/C80H116N20O19/c1-11-45(10)66(100-75(114)59(32-48-21-25-52(103)26-22-48)95-76(115)64(43(6)7)98-68(107)54(18-15-27-86-80(82)83)89-67(106)53(81)35-63(104)105)78(117)96-61(34-50-37-85-40-88-50)73(112)92-57(30-46-16-13-12-14-17-46)70(109)93-60(33-49-36-84-39-87-49)72(111)90-55(28-41(2)3)69(108)91-56(29-42(4)5)74(113)99-65(44(8)9)77(116)94-58(31-47-19-23-51(102)24-20-47)71(110)97-62(38-101)79(118)119/h12-14,16-17,19-26,36-37,39-45,53-62,64-66,101-103H,11,15,18,27-35,38,81H2,1-10H3,(H,84,87)(H,85,88)(H,89,106)(H,90,111)(H,91,108)(H,92,112)(H,93,109)(H,94,116)(H,95,115)(H,96,117)(H,97,110)(H,98,107)(H,99,113)(H,100,114)(H,104,105)(H,118,119)(H4,82,83,86)/t45-,53-,54-,55-,56-,57-,58-,59-,60-,61-,62-,64-,65-,66-/m0/s1. The number of nitrogens with zero attached hydrogens (tertiary/aromatic N) is 2. The lowest BCUT2D eigenvalue weighted by Crippen LogP contribution is -2.62. The lowest BCUT2D eigenvalue weighted by Gasteiger charge is -2.30. The molecule has 3 aromatic carbocycles. The number of aliphatic carboxylic acids is 2. The molecular formula is C80H116N20O19. The molecule has 0 saturated heterocycles. The van der Waals surface area contributed by atoms with E-state index < -0.39 is 192 Å². The molecule has 0 aliphatic carbocycles. The van der Waals surface area contributed by atoms with Crippen LogP contribution in [0, 0.1) is 35.0 Å². The van der Waals surface area contributed by atoms with E-state index in [1.54, 1.807) is 99.6 Å². The molecule has 5 aromatic rings. The molecule has 12 amide bonds. The van der Waals surface area contributed by atoms with E-state index in [-0.39, 0.29) is 111 Å². The molecule has 39 heteroatoms. The van der Waals surface area contributed by atoms with Crippen LogP contribution in [0.15, 0.2) is 104 Å². The van der Waals surface area contributed by atoms with Crippen LogP contribution in [0.5, 0.6) is 11.5 Å². The van der Waals surface area contributed by atoms with Gasteiger partial charge in [0.05, 0.1) is 43.1 Å². The van der Waals surface area contributed by atoms with Gasteiger partial charge in [0.1, 0.15) is 84.0 Å². The van der Waals surface area contributed by atoms with Gasteiger partial charge in [-0.05, 0) is 96.2 Å². The number of aliphatic hydroxyl groups is 1. The SMILES string of the molecule is CC[C@H](C)[C@H](NC(=O)[C@H](Cc1ccc(O)cc1)NC(=O)[C@@H](NC(=O)[C@H](CCCNC(=N)N)NC(=O)[C@@H](N)CC(=O)O)C(C)C)C(=O)N[C@@H](Cc1c[nH]cn1)C(=O)N[C@@H](Cc1ccccc1)C(=O)N[C@@H](Cc1c[nH]cn1)C(=O)N[C@@H](CC(C)C)C(=O)N[C@@H](CC(C)C)C(=O)N[C@H](C(=O)N[C@@H](Cc1ccc(O)cc1)C(=O)N[C@@H](CO)C(=O)O)C(C)C. The summed E-state index contributed by atoms with van der Waals surface area (Å²) >= 11 is 0. The smallest absolute Gasteiger partial charge is 0.328 e. The Bertz CT molecular complexity index is 4190. The molecule has 0 saturated carbocycles. The first-order valence-corrected chi connectivity index (χ1v) is 39.3. The van der Waals surface area contributed by atoms with Gasteiger partial charge >= 0.3 is 11.9 Å². The molecule has 2 heterocycles. The van der Waals surface area contributed by atoms with E-state index >= 15 is 19.2 Å². The van der Waals surface area contributed by atoms with Gasteiger partial charge in [-0.1, -0.05) is 130 Å². The number of carboxylic acids is 2. The predicted octanol–water partition coefficient (Wildman–Crippen LogP) is -1.53. The second-order valence-electron chi connectivity index (χ2n) is 30.8. The molecule has 650 valence electrons. The summed E-state index contributed by atoms with van der Waals surface area (Å²) in [6.45, 7) is 15.9. The van der Waals surface area contributed by atoms with E-state index in [1.807, 2.05) is 0 Å². The number of aromatic nitrogens is 4. The summed E-state index contributed by atoms with van der Waals surface area (Å²) in [6, 6.07) is 0.292. The normalized spacial score (nSPS) is 14.8. The monoisotopic (exact) mass is 1660 g/mol. The third-order valence-electron chi connectivity index (χ3n) is 19.2. The number of benzene rings is 3. The van der Waals surface area contributed by atoms with E-state index in [4.69, 9.17) is 16.9 Å². The van der Waals surface area contributed by atoms with Crippen molar-refractivity contribution in [3.8, 4) is 11.5 Å². The van der Waals surface area contributed by atoms with Crippen molar-refractivity contribution in [1.82, 2.24) is 89.1 Å². The van der Waals surface area contributed by atoms with Gasteiger partial charge in [0.15, 0.2) is 5.96 Å². The predicted molar refractivity (Wildman–Crippen MR) is 434 cm³/mol. The fourth-order valence-corrected chi connectivity index (χ4v) is 12.5. The number of phenols is 2. The van der Waals surface area contributed by atoms with E-state index in [9.17, 15) is 73.5 Å². The van der Waals surface area contributed by atoms with Gasteiger partial charge in [0.25, 0.3) is 0 Å². The average molecular weight is 1660 g/mol. The average Bonchev–Trinajstić information content (AvgIpc) is 1.16. The van der Waals surface area contributed by atoms with Crippen molar-refractivity contribution in [3.63, 3.8) is 0 Å². The van der Waals surface area contributed by atoms with E-state index in [1.165, 1.54) is 73.6 Å². The Balaban J connectivity index is 1.44. The van der Waals surface area contributed by atoms with E-state index in [0.29, 0.717) is 16.7 Å². The highest BCUT2D eigenvalue weighted by molar-refractivity contribution is 6.00. The van der Waals surface area contributed by atoms with Gasteiger partial charge in [-0.3, -0.25) is 67.7 Å². The van der Waals surface area contributed by atoms with Crippen molar-refractivity contribution < 1.29 is 92.7 Å². The number of H-pyrrole nitrogens is 2. The Morgan fingerprint density at radius 1 is 0.429 bits per heavy atom. The van der Waals surface area contributed by atoms with Crippen molar-refractivity contribution in [2.45, 2.75) is 218 Å². The van der Waals surface area contributed by atoms with Gasteiger partial charge in [-0.2, -0.15) is 0 Å². The Morgan fingerprint density at radius 3 is 1.13 bits per heavy atom. The topological polar surface area (TPSA) is 630 Å². The number of phenolic OH excluding ortho intramolecular Hbond substituents is 2. The van der Waals surface area contributed by atoms with Gasteiger partial charge < -0.3 is 116 Å². The van der Waals surface area contributed by atoms with Crippen molar-refractivity contribution in [3.05, 3.63) is 132 Å². The number of carbonyl (C=O) groups is 14. The molecule has 119 heavy (non-hydrogen) atoms. The third-order valence-corrected chi connectivity index (χ3v) is 19.2. The molecule has 0 aliphatic rings. The van der Waals surface area contributed by atoms with E-state index in [0.717, 1.165) is 0 Å². The second kappa shape index (κ2) is 48.2. The molecule has 5 rings (SSSR count). The summed E-state index contributed by atoms with van der Waals surface area (Å²) in [4.78, 5) is 212. The van der Waals surface area contributed by atoms with Crippen LogP contribution in [0.4, 0.5) is 0 Å². The maximum atomic E-state index is 15.2. The maximum absolute atomic E-state index is 15.2. The van der Waals surface area contributed by atoms with Gasteiger partial charge in [0.2, 0.25) is 70.9 Å². The highest BCUT2D eigenvalue weighted by Gasteiger charge is 2.40. The summed E-state index contributed by atoms with van der Waals surface area (Å²) in [7, 11) is 0. The third kappa shape index (κ3) is 33.2. The number of aliphatic hydroxyl groups excluding tert-OH is 1. The van der Waals surface area contributed by atoms with Crippen LogP contribution in [0.1, 0.15) is 136 Å². The summed E-state index contributed by atoms with van der Waals surface area (Å²) in [6.07, 6.45) is 3.73. The van der Waals surface area contributed by atoms with Gasteiger partial charge in [0, 0.05) is 51.0 Å². The minimum absolute atomic E-state index is 0.00305. The lowest BCUT2D eigenvalue weighted by molar-refractivity contribution is -0.143. The number of aromatic amines is 2. The highest BCUT2D eigenvalue weighted by atomic mass is 16.4. The molecule has 0 bridgehead atoms. The molecule has 0 fully saturated rings. The van der Waals surface area contributed by atoms with Crippen molar-refractivity contribution in [2.75, 3.05) is 13.2 Å². The van der Waals surface area contributed by atoms with Crippen LogP contribution in [-0.2, 0) is 99.2 Å². The number of amides is 12. The number of carbonyl (C=O) groups excluding carboxylic acids is 12. The Kier molecular flexibility index (Phi) is 39.3. The van der Waals surface area contributed by atoms with Crippen LogP contribution in [0.2, 0.25) is 0 Å². The molecule has 0 unspecified atom stereocenters. The number of nitrogens with one attached hydrogen (secondary N) is 16. The van der Waals surface area contributed by atoms with Gasteiger partial charge in [-0.25, -0.2) is 14.8 Å². The zero-order chi connectivity index (χ0) is 88.3. The fourth-order valence-electron chi connectivity index (χ4n) is 12.5. The van der Waals surface area contributed by atoms with Crippen LogP contribution in [-0.4, -0.2) is 226 Å². The summed E-state index contributed by atoms with van der Waals surface area (Å²) < 4.78 is 0. The molecule has 2 aromatic heterocycles. The summed E-state index contributed by atoms with van der Waals surface area (Å²) in [5, 5.41) is 90.6. The maximum Gasteiger partial charge on any atom is 0.328 e. The largest absolute Gasteiger partial charge is 0.508 e. The van der Waals surface area contributed by atoms with Crippen LogP contribution in [0.25, 0.3) is 0 Å². The first-order valence-electron chi connectivity index (χ1n) is 39.3. The van der Waals surface area contributed by atoms with Crippen molar-refractivity contribution in [1.29, 1.82) is 5.41 Å². The van der Waals surface area contributed by atoms with Crippen LogP contribution in [0.3, 0.4) is 0 Å². The Labute approximate surface area is 689 Å². The molecule has 39 nitrogen and oxygen atoms in total. The van der Waals surface area contributed by atoms with E-state index in [2.05, 4.69) is 89.1 Å². The molecule has 0 aliphatic heterocycles. The number of carboxylic acid groups (broad SMARTS) is 2. The number of rotatable bonds is 50. The minimum Gasteiger partial charge on any atom is -0.508 e. The quantitative estimate of drug-likeness (QED) is 0.0119. The van der Waals surface area contributed by atoms with Crippen molar-refractivity contribution >= 4 is 88.8 Å². The van der Waals surface area contributed by atoms with Crippen LogP contribution >= 0.6 is 0 Å². The van der Waals surface area contributed by atoms with Crippen molar-refractivity contribution in [2.24, 2.45) is 41.1 Å². The second-order valence-corrected chi connectivity index (χ2v) is 30.8. The summed E-state index contributed by atoms with van der Waals surface area (Å²) in [5.74, 6) is -17.1. The first-order chi connectivity index (χ1) is 56.2. The molecule has 0 radical (unpaired) electrons. The zero-order valence-corrected chi connectivity index (χ0v) is 68.4. The first kappa shape index (κ1) is 97.0. The Morgan fingerprint density at radius 2 is 0.765 bits per heavy atom. The minimum atomic E-state index is -1.74.